The van der Waals surface area contributed by atoms with E-state index in [0.29, 0.717) is 17.3 Å². The minimum atomic E-state index is -4.08. The predicted molar refractivity (Wildman–Crippen MR) is 69.2 cm³/mol. The van der Waals surface area contributed by atoms with Gasteiger partial charge in [0.25, 0.3) is 0 Å². The van der Waals surface area contributed by atoms with Crippen LogP contribution >= 0.6 is 0 Å². The summed E-state index contributed by atoms with van der Waals surface area (Å²) in [7, 11) is -4.08. The van der Waals surface area contributed by atoms with Gasteiger partial charge in [-0.25, -0.2) is 27.2 Å². The van der Waals surface area contributed by atoms with Gasteiger partial charge >= 0.3 is 0 Å². The SMILES string of the molecule is Nc1ncc2c(n1)CN(S(=O)(=O)c1ccc(F)cc1F)C2. The number of nitrogens with two attached hydrogens (primary N) is 1. The zero-order chi connectivity index (χ0) is 15.2. The molecular formula is C12H10F2N4O2S. The van der Waals surface area contributed by atoms with Crippen LogP contribution in [-0.2, 0) is 23.1 Å². The fourth-order valence-corrected chi connectivity index (χ4v) is 3.56. The number of halogens is 2. The molecule has 110 valence electrons. The molecule has 1 aliphatic rings. The highest BCUT2D eigenvalue weighted by Crippen LogP contribution is 2.28. The van der Waals surface area contributed by atoms with Gasteiger partial charge in [0, 0.05) is 24.4 Å². The Hall–Kier alpha value is -2.13. The summed E-state index contributed by atoms with van der Waals surface area (Å²) in [6, 6.07) is 2.34. The van der Waals surface area contributed by atoms with E-state index in [9.17, 15) is 17.2 Å². The number of aromatic nitrogens is 2. The third-order valence-corrected chi connectivity index (χ3v) is 4.98. The topological polar surface area (TPSA) is 89.2 Å². The molecule has 21 heavy (non-hydrogen) atoms. The second kappa shape index (κ2) is 4.71. The van der Waals surface area contributed by atoms with Crippen molar-refractivity contribution in [1.29, 1.82) is 0 Å². The van der Waals surface area contributed by atoms with Gasteiger partial charge in [-0.3, -0.25) is 0 Å². The molecule has 1 aromatic heterocycles. The zero-order valence-corrected chi connectivity index (χ0v) is 11.4. The van der Waals surface area contributed by atoms with Crippen LogP contribution in [0.15, 0.2) is 29.3 Å². The first-order valence-corrected chi connectivity index (χ1v) is 7.37. The lowest BCUT2D eigenvalue weighted by Gasteiger charge is -2.15. The Bertz CT molecular complexity index is 826. The quantitative estimate of drug-likeness (QED) is 0.895. The average molecular weight is 312 g/mol. The minimum absolute atomic E-state index is 0.0226. The van der Waals surface area contributed by atoms with Crippen LogP contribution in [-0.4, -0.2) is 22.7 Å². The summed E-state index contributed by atoms with van der Waals surface area (Å²) in [6.45, 7) is -0.00400. The first-order chi connectivity index (χ1) is 9.88. The highest BCUT2D eigenvalue weighted by Gasteiger charge is 2.33. The van der Waals surface area contributed by atoms with E-state index in [1.165, 1.54) is 6.20 Å². The van der Waals surface area contributed by atoms with Gasteiger partial charge in [-0.1, -0.05) is 0 Å². The number of rotatable bonds is 2. The second-order valence-electron chi connectivity index (χ2n) is 4.55. The van der Waals surface area contributed by atoms with E-state index in [4.69, 9.17) is 5.73 Å². The van der Waals surface area contributed by atoms with Gasteiger partial charge in [0.05, 0.1) is 12.2 Å². The number of sulfonamides is 1. The van der Waals surface area contributed by atoms with Gasteiger partial charge in [0.15, 0.2) is 0 Å². The Kier molecular flexibility index (Phi) is 3.10. The van der Waals surface area contributed by atoms with Crippen LogP contribution in [0.3, 0.4) is 0 Å². The van der Waals surface area contributed by atoms with Crippen molar-refractivity contribution in [2.24, 2.45) is 0 Å². The van der Waals surface area contributed by atoms with Crippen molar-refractivity contribution >= 4 is 16.0 Å². The maximum Gasteiger partial charge on any atom is 0.246 e. The molecule has 0 saturated heterocycles. The molecule has 2 aromatic rings. The van der Waals surface area contributed by atoms with E-state index in [1.807, 2.05) is 0 Å². The first-order valence-electron chi connectivity index (χ1n) is 5.93. The molecule has 0 bridgehead atoms. The van der Waals surface area contributed by atoms with Crippen molar-refractivity contribution in [2.75, 3.05) is 5.73 Å². The number of hydrogen-bond donors (Lipinski definition) is 1. The largest absolute Gasteiger partial charge is 0.368 e. The molecule has 3 rings (SSSR count). The van der Waals surface area contributed by atoms with E-state index >= 15 is 0 Å². The molecule has 9 heteroatoms. The van der Waals surface area contributed by atoms with Crippen LogP contribution in [0, 0.1) is 11.6 Å². The molecule has 6 nitrogen and oxygen atoms in total. The monoisotopic (exact) mass is 312 g/mol. The smallest absolute Gasteiger partial charge is 0.246 e. The van der Waals surface area contributed by atoms with Crippen LogP contribution < -0.4 is 5.73 Å². The van der Waals surface area contributed by atoms with Crippen LogP contribution in [0.2, 0.25) is 0 Å². The fraction of sp³-hybridized carbons (Fsp3) is 0.167. The molecule has 0 spiro atoms. The maximum absolute atomic E-state index is 13.7. The molecule has 2 heterocycles. The van der Waals surface area contributed by atoms with E-state index in [2.05, 4.69) is 9.97 Å². The van der Waals surface area contributed by atoms with Crippen LogP contribution in [0.4, 0.5) is 14.7 Å². The number of nitrogens with zero attached hydrogens (tertiary/aromatic N) is 3. The molecule has 0 fully saturated rings. The lowest BCUT2D eigenvalue weighted by Crippen LogP contribution is -2.26. The zero-order valence-electron chi connectivity index (χ0n) is 10.6. The van der Waals surface area contributed by atoms with Crippen molar-refractivity contribution in [3.05, 3.63) is 47.3 Å². The lowest BCUT2D eigenvalue weighted by molar-refractivity contribution is 0.424. The highest BCUT2D eigenvalue weighted by molar-refractivity contribution is 7.89. The molecule has 1 aromatic carbocycles. The average Bonchev–Trinajstić information content (AvgIpc) is 2.81. The van der Waals surface area contributed by atoms with E-state index < -0.39 is 26.6 Å². The fourth-order valence-electron chi connectivity index (χ4n) is 2.13. The molecular weight excluding hydrogens is 302 g/mol. The van der Waals surface area contributed by atoms with Gasteiger partial charge in [0.1, 0.15) is 16.5 Å². The first kappa shape index (κ1) is 13.8. The van der Waals surface area contributed by atoms with E-state index in [-0.39, 0.29) is 19.0 Å². The van der Waals surface area contributed by atoms with E-state index in [0.717, 1.165) is 16.4 Å². The number of anilines is 1. The predicted octanol–water partition coefficient (Wildman–Crippen LogP) is 1.04. The Balaban J connectivity index is 1.98. The molecule has 2 N–H and O–H groups in total. The Morgan fingerprint density at radius 3 is 2.71 bits per heavy atom. The molecule has 0 unspecified atom stereocenters. The van der Waals surface area contributed by atoms with Gasteiger partial charge in [-0.15, -0.1) is 0 Å². The third kappa shape index (κ3) is 2.34. The van der Waals surface area contributed by atoms with Gasteiger partial charge < -0.3 is 5.73 Å². The van der Waals surface area contributed by atoms with E-state index in [1.54, 1.807) is 0 Å². The standard InChI is InChI=1S/C12H10F2N4O2S/c13-8-1-2-11(9(14)3-8)21(19,20)18-5-7-4-16-12(15)17-10(7)6-18/h1-4H,5-6H2,(H2,15,16,17). The van der Waals surface area contributed by atoms with Crippen molar-refractivity contribution in [1.82, 2.24) is 14.3 Å². The Morgan fingerprint density at radius 1 is 1.24 bits per heavy atom. The molecule has 0 amide bonds. The Labute approximate surface area is 119 Å². The normalized spacial score (nSPS) is 15.1. The minimum Gasteiger partial charge on any atom is -0.368 e. The number of fused-ring (bicyclic) bond motifs is 1. The summed E-state index contributed by atoms with van der Waals surface area (Å²) in [5, 5.41) is 0. The van der Waals surface area contributed by atoms with Crippen molar-refractivity contribution in [3.8, 4) is 0 Å². The van der Waals surface area contributed by atoms with Crippen molar-refractivity contribution in [3.63, 3.8) is 0 Å². The highest BCUT2D eigenvalue weighted by atomic mass is 32.2. The summed E-state index contributed by atoms with van der Waals surface area (Å²) in [4.78, 5) is 7.17. The summed E-state index contributed by atoms with van der Waals surface area (Å²) < 4.78 is 52.4. The molecule has 0 aliphatic carbocycles. The van der Waals surface area contributed by atoms with Crippen molar-refractivity contribution < 1.29 is 17.2 Å². The maximum atomic E-state index is 13.7. The van der Waals surface area contributed by atoms with Crippen LogP contribution in [0.5, 0.6) is 0 Å². The summed E-state index contributed by atoms with van der Waals surface area (Å²) in [5.41, 5.74) is 6.53. The second-order valence-corrected chi connectivity index (χ2v) is 6.45. The number of hydrogen-bond acceptors (Lipinski definition) is 5. The summed E-state index contributed by atoms with van der Waals surface area (Å²) in [5.74, 6) is -1.92. The number of nitrogen functional groups attached to an aromatic ring is 1. The molecule has 0 saturated carbocycles. The summed E-state index contributed by atoms with van der Waals surface area (Å²) >= 11 is 0. The molecule has 0 atom stereocenters. The third-order valence-electron chi connectivity index (χ3n) is 3.16. The Morgan fingerprint density at radius 2 is 2.00 bits per heavy atom. The molecule has 1 aliphatic heterocycles. The van der Waals surface area contributed by atoms with Crippen LogP contribution in [0.1, 0.15) is 11.3 Å². The summed E-state index contributed by atoms with van der Waals surface area (Å²) in [6.07, 6.45) is 1.44. The van der Waals surface area contributed by atoms with Crippen molar-refractivity contribution in [2.45, 2.75) is 18.0 Å². The van der Waals surface area contributed by atoms with Gasteiger partial charge in [-0.2, -0.15) is 4.31 Å². The molecule has 0 radical (unpaired) electrons. The lowest BCUT2D eigenvalue weighted by atomic mass is 10.3. The van der Waals surface area contributed by atoms with Crippen LogP contribution in [0.25, 0.3) is 0 Å². The van der Waals surface area contributed by atoms with Gasteiger partial charge in [0.2, 0.25) is 16.0 Å². The van der Waals surface area contributed by atoms with Gasteiger partial charge in [-0.05, 0) is 12.1 Å². The number of benzene rings is 1.